The van der Waals surface area contributed by atoms with Gasteiger partial charge in [-0.25, -0.2) is 13.1 Å². The number of ether oxygens (including phenoxy) is 1. The van der Waals surface area contributed by atoms with Gasteiger partial charge in [-0.05, 0) is 31.0 Å². The molecule has 1 saturated carbocycles. The first kappa shape index (κ1) is 14.8. The van der Waals surface area contributed by atoms with Crippen molar-refractivity contribution in [2.45, 2.75) is 29.8 Å². The highest BCUT2D eigenvalue weighted by Gasteiger charge is 2.30. The number of primary amides is 1. The summed E-state index contributed by atoms with van der Waals surface area (Å²) in [6.07, 6.45) is 1.22. The lowest BCUT2D eigenvalue weighted by molar-refractivity contribution is 0.0997. The van der Waals surface area contributed by atoms with Crippen LogP contribution in [0.2, 0.25) is 0 Å². The van der Waals surface area contributed by atoms with E-state index in [4.69, 9.17) is 16.2 Å². The van der Waals surface area contributed by atoms with E-state index in [0.29, 0.717) is 12.8 Å². The van der Waals surface area contributed by atoms with E-state index >= 15 is 0 Å². The zero-order valence-corrected chi connectivity index (χ0v) is 11.8. The van der Waals surface area contributed by atoms with Crippen LogP contribution in [0.4, 0.5) is 0 Å². The van der Waals surface area contributed by atoms with E-state index in [1.807, 2.05) is 0 Å². The zero-order chi connectivity index (χ0) is 14.9. The molecule has 0 radical (unpaired) electrons. The lowest BCUT2D eigenvalue weighted by Gasteiger charge is -2.32. The van der Waals surface area contributed by atoms with Gasteiger partial charge in [0.2, 0.25) is 10.0 Å². The van der Waals surface area contributed by atoms with Gasteiger partial charge in [0.15, 0.2) is 0 Å². The molecule has 0 aromatic heterocycles. The summed E-state index contributed by atoms with van der Waals surface area (Å²) in [6, 6.07) is 3.86. The zero-order valence-electron chi connectivity index (χ0n) is 11.0. The highest BCUT2D eigenvalue weighted by molar-refractivity contribution is 7.89. The standard InChI is InChI=1S/C12H17N3O4S/c1-19-11-3-2-9(6-10(11)12(14)16)20(17,18)15-8-4-7(13)5-8/h2-3,6-8,15H,4-5,13H2,1H3,(H2,14,16). The van der Waals surface area contributed by atoms with Gasteiger partial charge in [0.25, 0.3) is 5.91 Å². The SMILES string of the molecule is COc1ccc(S(=O)(=O)NC2CC(N)C2)cc1C(N)=O. The van der Waals surface area contributed by atoms with E-state index in [1.54, 1.807) is 0 Å². The van der Waals surface area contributed by atoms with Crippen LogP contribution in [0.5, 0.6) is 5.75 Å². The summed E-state index contributed by atoms with van der Waals surface area (Å²) < 4.78 is 31.9. The number of hydrogen-bond donors (Lipinski definition) is 3. The molecule has 1 aromatic carbocycles. The van der Waals surface area contributed by atoms with Crippen molar-refractivity contribution in [3.8, 4) is 5.75 Å². The maximum atomic E-state index is 12.2. The lowest BCUT2D eigenvalue weighted by Crippen LogP contribution is -2.50. The van der Waals surface area contributed by atoms with Crippen molar-refractivity contribution in [3.63, 3.8) is 0 Å². The van der Waals surface area contributed by atoms with Crippen molar-refractivity contribution in [1.82, 2.24) is 4.72 Å². The van der Waals surface area contributed by atoms with E-state index in [9.17, 15) is 13.2 Å². The summed E-state index contributed by atoms with van der Waals surface area (Å²) in [7, 11) is -2.31. The first-order valence-corrected chi connectivity index (χ1v) is 7.57. The van der Waals surface area contributed by atoms with Gasteiger partial charge in [0, 0.05) is 12.1 Å². The molecule has 2 rings (SSSR count). The van der Waals surface area contributed by atoms with Crippen molar-refractivity contribution in [3.05, 3.63) is 23.8 Å². The first-order valence-electron chi connectivity index (χ1n) is 6.09. The highest BCUT2D eigenvalue weighted by atomic mass is 32.2. The van der Waals surface area contributed by atoms with Crippen molar-refractivity contribution in [2.75, 3.05) is 7.11 Å². The summed E-state index contributed by atoms with van der Waals surface area (Å²) in [4.78, 5) is 11.3. The van der Waals surface area contributed by atoms with Gasteiger partial charge in [-0.15, -0.1) is 0 Å². The molecule has 0 heterocycles. The Morgan fingerprint density at radius 1 is 1.40 bits per heavy atom. The van der Waals surface area contributed by atoms with Crippen LogP contribution < -0.4 is 20.9 Å². The minimum atomic E-state index is -3.69. The van der Waals surface area contributed by atoms with Gasteiger partial charge in [0.05, 0.1) is 17.6 Å². The maximum Gasteiger partial charge on any atom is 0.252 e. The molecule has 0 atom stereocenters. The van der Waals surface area contributed by atoms with Gasteiger partial charge in [-0.2, -0.15) is 0 Å². The molecule has 0 spiro atoms. The Morgan fingerprint density at radius 2 is 2.05 bits per heavy atom. The predicted octanol–water partition coefficient (Wildman–Crippen LogP) is -0.438. The second-order valence-corrected chi connectivity index (χ2v) is 6.49. The monoisotopic (exact) mass is 299 g/mol. The van der Waals surface area contributed by atoms with Crippen LogP contribution in [0.1, 0.15) is 23.2 Å². The fourth-order valence-corrected chi connectivity index (χ4v) is 3.38. The minimum Gasteiger partial charge on any atom is -0.496 e. The fraction of sp³-hybridized carbons (Fsp3) is 0.417. The van der Waals surface area contributed by atoms with Crippen molar-refractivity contribution in [2.24, 2.45) is 11.5 Å². The van der Waals surface area contributed by atoms with Crippen molar-refractivity contribution >= 4 is 15.9 Å². The molecule has 0 saturated heterocycles. The van der Waals surface area contributed by atoms with Gasteiger partial charge >= 0.3 is 0 Å². The molecular weight excluding hydrogens is 282 g/mol. The first-order chi connectivity index (χ1) is 9.33. The number of methoxy groups -OCH3 is 1. The molecule has 0 bridgehead atoms. The number of carbonyl (C=O) groups excluding carboxylic acids is 1. The van der Waals surface area contributed by atoms with E-state index in [0.717, 1.165) is 0 Å². The molecule has 7 nitrogen and oxygen atoms in total. The lowest BCUT2D eigenvalue weighted by atomic mass is 9.89. The number of hydrogen-bond acceptors (Lipinski definition) is 5. The molecule has 1 aliphatic carbocycles. The normalized spacial score (nSPS) is 22.1. The second kappa shape index (κ2) is 5.39. The second-order valence-electron chi connectivity index (χ2n) is 4.78. The van der Waals surface area contributed by atoms with Gasteiger partial charge in [-0.3, -0.25) is 4.79 Å². The number of nitrogens with one attached hydrogen (secondary N) is 1. The highest BCUT2D eigenvalue weighted by Crippen LogP contribution is 2.24. The van der Waals surface area contributed by atoms with Crippen LogP contribution in [0.3, 0.4) is 0 Å². The summed E-state index contributed by atoms with van der Waals surface area (Å²) in [5, 5.41) is 0. The van der Waals surface area contributed by atoms with Crippen LogP contribution >= 0.6 is 0 Å². The smallest absolute Gasteiger partial charge is 0.252 e. The molecule has 5 N–H and O–H groups in total. The van der Waals surface area contributed by atoms with Gasteiger partial charge in [0.1, 0.15) is 5.75 Å². The quantitative estimate of drug-likeness (QED) is 0.680. The molecule has 1 aliphatic rings. The Bertz CT molecular complexity index is 624. The van der Waals surface area contributed by atoms with Gasteiger partial charge < -0.3 is 16.2 Å². The Labute approximate surface area is 117 Å². The maximum absolute atomic E-state index is 12.2. The molecule has 0 unspecified atom stereocenters. The Balaban J connectivity index is 2.27. The summed E-state index contributed by atoms with van der Waals surface area (Å²) in [5.41, 5.74) is 10.9. The number of nitrogens with two attached hydrogens (primary N) is 2. The van der Waals surface area contributed by atoms with Crippen LogP contribution in [0, 0.1) is 0 Å². The van der Waals surface area contributed by atoms with Crippen LogP contribution in [0.15, 0.2) is 23.1 Å². The summed E-state index contributed by atoms with van der Waals surface area (Å²) in [5.74, 6) is -0.508. The molecule has 20 heavy (non-hydrogen) atoms. The average Bonchev–Trinajstić information content (AvgIpc) is 2.35. The van der Waals surface area contributed by atoms with E-state index in [2.05, 4.69) is 4.72 Å². The third-order valence-corrected chi connectivity index (χ3v) is 4.76. The largest absolute Gasteiger partial charge is 0.496 e. The topological polar surface area (TPSA) is 125 Å². The predicted molar refractivity (Wildman–Crippen MR) is 72.8 cm³/mol. The Kier molecular flexibility index (Phi) is 3.98. The Hall–Kier alpha value is -1.64. The fourth-order valence-electron chi connectivity index (χ4n) is 2.09. The number of carbonyl (C=O) groups is 1. The molecule has 1 fully saturated rings. The Morgan fingerprint density at radius 3 is 2.55 bits per heavy atom. The van der Waals surface area contributed by atoms with Crippen LogP contribution in [0.25, 0.3) is 0 Å². The average molecular weight is 299 g/mol. The third-order valence-electron chi connectivity index (χ3n) is 3.24. The molecule has 1 aromatic rings. The number of sulfonamides is 1. The molecule has 0 aliphatic heterocycles. The summed E-state index contributed by atoms with van der Waals surface area (Å²) >= 11 is 0. The van der Waals surface area contributed by atoms with Crippen LogP contribution in [-0.2, 0) is 10.0 Å². The number of amides is 1. The molecule has 8 heteroatoms. The van der Waals surface area contributed by atoms with E-state index in [1.165, 1.54) is 25.3 Å². The van der Waals surface area contributed by atoms with Crippen LogP contribution in [-0.4, -0.2) is 33.5 Å². The van der Waals surface area contributed by atoms with E-state index < -0.39 is 15.9 Å². The van der Waals surface area contributed by atoms with Crippen molar-refractivity contribution < 1.29 is 17.9 Å². The molecule has 1 amide bonds. The minimum absolute atomic E-state index is 0.0208. The number of benzene rings is 1. The molecule has 110 valence electrons. The number of rotatable bonds is 5. The van der Waals surface area contributed by atoms with Crippen molar-refractivity contribution in [1.29, 1.82) is 0 Å². The van der Waals surface area contributed by atoms with E-state index in [-0.39, 0.29) is 28.3 Å². The summed E-state index contributed by atoms with van der Waals surface area (Å²) in [6.45, 7) is 0. The third kappa shape index (κ3) is 2.92. The molecular formula is C12H17N3O4S. The van der Waals surface area contributed by atoms with Gasteiger partial charge in [-0.1, -0.05) is 0 Å².